The highest BCUT2D eigenvalue weighted by Crippen LogP contribution is 2.27. The molecule has 6 nitrogen and oxygen atoms in total. The molecule has 0 aliphatic carbocycles. The second-order valence-corrected chi connectivity index (χ2v) is 10.7. The lowest BCUT2D eigenvalue weighted by Gasteiger charge is -2.35. The lowest BCUT2D eigenvalue weighted by atomic mass is 10.2. The molecule has 0 bridgehead atoms. The van der Waals surface area contributed by atoms with Crippen LogP contribution in [-0.2, 0) is 21.4 Å². The molecule has 0 unspecified atom stereocenters. The molecule has 0 radical (unpaired) electrons. The van der Waals surface area contributed by atoms with E-state index in [-0.39, 0.29) is 12.5 Å². The Labute approximate surface area is 171 Å². The Hall–Kier alpha value is -1.74. The van der Waals surface area contributed by atoms with E-state index in [1.54, 1.807) is 17.9 Å². The number of piperazine rings is 1. The van der Waals surface area contributed by atoms with Crippen molar-refractivity contribution in [3.05, 3.63) is 51.7 Å². The predicted octanol–water partition coefficient (Wildman–Crippen LogP) is 2.33. The molecule has 1 saturated heterocycles. The zero-order valence-electron chi connectivity index (χ0n) is 16.6. The van der Waals surface area contributed by atoms with E-state index in [0.717, 1.165) is 29.4 Å². The van der Waals surface area contributed by atoms with E-state index in [1.165, 1.54) is 28.3 Å². The van der Waals surface area contributed by atoms with Crippen molar-refractivity contribution in [3.63, 3.8) is 0 Å². The highest BCUT2D eigenvalue weighted by molar-refractivity contribution is 7.89. The van der Waals surface area contributed by atoms with Gasteiger partial charge < -0.3 is 4.90 Å². The van der Waals surface area contributed by atoms with Crippen molar-refractivity contribution in [2.24, 2.45) is 0 Å². The standard InChI is InChI=1S/C20H27N3O3S2/c1-16-13-19(17(2)27-16)28(25,26)21(3)15-20(24)23-11-9-22(10-12-23)14-18-7-5-4-6-8-18/h4-8,13H,9-12,14-15H2,1-3H3. The zero-order chi connectivity index (χ0) is 20.3. The van der Waals surface area contributed by atoms with Gasteiger partial charge in [-0.1, -0.05) is 30.3 Å². The molecule has 3 rings (SSSR count). The van der Waals surface area contributed by atoms with Gasteiger partial charge in [-0.15, -0.1) is 11.3 Å². The summed E-state index contributed by atoms with van der Waals surface area (Å²) in [6.45, 7) is 7.25. The fourth-order valence-corrected chi connectivity index (χ4v) is 6.04. The maximum Gasteiger partial charge on any atom is 0.244 e. The number of hydrogen-bond donors (Lipinski definition) is 0. The van der Waals surface area contributed by atoms with Crippen LogP contribution in [0.2, 0.25) is 0 Å². The Morgan fingerprint density at radius 1 is 1.11 bits per heavy atom. The number of carbonyl (C=O) groups is 1. The van der Waals surface area contributed by atoms with E-state index in [0.29, 0.717) is 18.0 Å². The third kappa shape index (κ3) is 4.81. The summed E-state index contributed by atoms with van der Waals surface area (Å²) in [5.74, 6) is -0.143. The number of nitrogens with zero attached hydrogens (tertiary/aromatic N) is 3. The minimum absolute atomic E-state index is 0.130. The molecule has 0 atom stereocenters. The zero-order valence-corrected chi connectivity index (χ0v) is 18.2. The summed E-state index contributed by atoms with van der Waals surface area (Å²) in [4.78, 5) is 18.7. The molecule has 2 aromatic rings. The monoisotopic (exact) mass is 421 g/mol. The Morgan fingerprint density at radius 3 is 2.32 bits per heavy atom. The Morgan fingerprint density at radius 2 is 1.75 bits per heavy atom. The van der Waals surface area contributed by atoms with Crippen LogP contribution >= 0.6 is 11.3 Å². The third-order valence-electron chi connectivity index (χ3n) is 5.02. The number of amides is 1. The lowest BCUT2D eigenvalue weighted by molar-refractivity contribution is -0.133. The van der Waals surface area contributed by atoms with Crippen molar-refractivity contribution < 1.29 is 13.2 Å². The minimum Gasteiger partial charge on any atom is -0.339 e. The van der Waals surface area contributed by atoms with Crippen molar-refractivity contribution >= 4 is 27.3 Å². The molecule has 0 saturated carbocycles. The van der Waals surface area contributed by atoms with Crippen LogP contribution in [0.4, 0.5) is 0 Å². The molecular formula is C20H27N3O3S2. The van der Waals surface area contributed by atoms with Gasteiger partial charge in [0.25, 0.3) is 0 Å². The molecule has 0 N–H and O–H groups in total. The number of aryl methyl sites for hydroxylation is 2. The van der Waals surface area contributed by atoms with Crippen molar-refractivity contribution in [1.29, 1.82) is 0 Å². The molecule has 1 aromatic carbocycles. The Balaban J connectivity index is 1.54. The van der Waals surface area contributed by atoms with Gasteiger partial charge in [-0.3, -0.25) is 9.69 Å². The molecule has 1 amide bonds. The van der Waals surface area contributed by atoms with Crippen LogP contribution in [0.15, 0.2) is 41.3 Å². The van der Waals surface area contributed by atoms with Crippen molar-refractivity contribution in [3.8, 4) is 0 Å². The molecule has 1 fully saturated rings. The van der Waals surface area contributed by atoms with Crippen LogP contribution in [0.5, 0.6) is 0 Å². The smallest absolute Gasteiger partial charge is 0.244 e. The number of rotatable bonds is 6. The largest absolute Gasteiger partial charge is 0.339 e. The molecule has 28 heavy (non-hydrogen) atoms. The second kappa shape index (κ2) is 8.73. The van der Waals surface area contributed by atoms with E-state index in [9.17, 15) is 13.2 Å². The van der Waals surface area contributed by atoms with Gasteiger partial charge in [0, 0.05) is 49.5 Å². The summed E-state index contributed by atoms with van der Waals surface area (Å²) >= 11 is 1.45. The van der Waals surface area contributed by atoms with E-state index < -0.39 is 10.0 Å². The average molecular weight is 422 g/mol. The minimum atomic E-state index is -3.65. The van der Waals surface area contributed by atoms with Crippen LogP contribution in [0.25, 0.3) is 0 Å². The maximum atomic E-state index is 12.8. The number of hydrogen-bond acceptors (Lipinski definition) is 5. The molecule has 2 heterocycles. The van der Waals surface area contributed by atoms with Crippen molar-refractivity contribution in [1.82, 2.24) is 14.1 Å². The summed E-state index contributed by atoms with van der Waals surface area (Å²) in [5, 5.41) is 0. The van der Waals surface area contributed by atoms with Gasteiger partial charge >= 0.3 is 0 Å². The molecule has 152 valence electrons. The number of benzene rings is 1. The third-order valence-corrected chi connectivity index (χ3v) is 8.04. The van der Waals surface area contributed by atoms with Crippen LogP contribution in [0.1, 0.15) is 15.3 Å². The van der Waals surface area contributed by atoms with Gasteiger partial charge in [0.2, 0.25) is 15.9 Å². The van der Waals surface area contributed by atoms with Gasteiger partial charge in [0.1, 0.15) is 0 Å². The van der Waals surface area contributed by atoms with E-state index in [2.05, 4.69) is 17.0 Å². The summed E-state index contributed by atoms with van der Waals surface area (Å²) in [7, 11) is -2.17. The molecule has 1 aromatic heterocycles. The van der Waals surface area contributed by atoms with Crippen molar-refractivity contribution in [2.45, 2.75) is 25.3 Å². The average Bonchev–Trinajstić information content (AvgIpc) is 3.02. The summed E-state index contributed by atoms with van der Waals surface area (Å²) in [5.41, 5.74) is 1.26. The normalized spacial score (nSPS) is 15.9. The number of sulfonamides is 1. The molecule has 1 aliphatic rings. The Kier molecular flexibility index (Phi) is 6.54. The fourth-order valence-electron chi connectivity index (χ4n) is 3.40. The Bertz CT molecular complexity index is 917. The predicted molar refractivity (Wildman–Crippen MR) is 112 cm³/mol. The van der Waals surface area contributed by atoms with E-state index >= 15 is 0 Å². The number of likely N-dealkylation sites (N-methyl/N-ethyl adjacent to an activating group) is 1. The summed E-state index contributed by atoms with van der Waals surface area (Å²) in [6.07, 6.45) is 0. The SMILES string of the molecule is Cc1cc(S(=O)(=O)N(C)CC(=O)N2CCN(Cc3ccccc3)CC2)c(C)s1. The second-order valence-electron chi connectivity index (χ2n) is 7.18. The maximum absolute atomic E-state index is 12.8. The van der Waals surface area contributed by atoms with Crippen LogP contribution < -0.4 is 0 Å². The van der Waals surface area contributed by atoms with Gasteiger partial charge in [-0.25, -0.2) is 8.42 Å². The molecule has 0 spiro atoms. The quantitative estimate of drug-likeness (QED) is 0.718. The van der Waals surface area contributed by atoms with Gasteiger partial charge in [0.05, 0.1) is 11.4 Å². The van der Waals surface area contributed by atoms with E-state index in [4.69, 9.17) is 0 Å². The number of thiophene rings is 1. The van der Waals surface area contributed by atoms with Crippen LogP contribution in [-0.4, -0.2) is 68.2 Å². The van der Waals surface area contributed by atoms with Crippen LogP contribution in [0.3, 0.4) is 0 Å². The highest BCUT2D eigenvalue weighted by Gasteiger charge is 2.29. The molecule has 1 aliphatic heterocycles. The van der Waals surface area contributed by atoms with Gasteiger partial charge in [-0.05, 0) is 25.5 Å². The first-order valence-electron chi connectivity index (χ1n) is 9.35. The van der Waals surface area contributed by atoms with Crippen molar-refractivity contribution in [2.75, 3.05) is 39.8 Å². The van der Waals surface area contributed by atoms with Gasteiger partial charge in [-0.2, -0.15) is 4.31 Å². The molecule has 8 heteroatoms. The summed E-state index contributed by atoms with van der Waals surface area (Å²) < 4.78 is 26.8. The fraction of sp³-hybridized carbons (Fsp3) is 0.450. The van der Waals surface area contributed by atoms with Crippen LogP contribution in [0, 0.1) is 13.8 Å². The highest BCUT2D eigenvalue weighted by atomic mass is 32.2. The first-order chi connectivity index (χ1) is 13.3. The summed E-state index contributed by atoms with van der Waals surface area (Å²) in [6, 6.07) is 11.9. The number of carbonyl (C=O) groups excluding carboxylic acids is 1. The first-order valence-corrected chi connectivity index (χ1v) is 11.6. The topological polar surface area (TPSA) is 60.9 Å². The first kappa shape index (κ1) is 21.0. The lowest BCUT2D eigenvalue weighted by Crippen LogP contribution is -2.51. The van der Waals surface area contributed by atoms with Gasteiger partial charge in [0.15, 0.2) is 0 Å². The molecular weight excluding hydrogens is 394 g/mol. The van der Waals surface area contributed by atoms with E-state index in [1.807, 2.05) is 25.1 Å².